The topological polar surface area (TPSA) is 58.1 Å². The van der Waals surface area contributed by atoms with Crippen molar-refractivity contribution in [1.29, 1.82) is 0 Å². The molecule has 0 aliphatic carbocycles. The van der Waals surface area contributed by atoms with Crippen LogP contribution in [0.5, 0.6) is 0 Å². The maximum atomic E-state index is 13.0. The van der Waals surface area contributed by atoms with Crippen LogP contribution in [0.15, 0.2) is 71.0 Å². The Balaban J connectivity index is 1.47. The van der Waals surface area contributed by atoms with Gasteiger partial charge in [0.2, 0.25) is 0 Å². The molecule has 2 aromatic carbocycles. The van der Waals surface area contributed by atoms with Crippen molar-refractivity contribution in [3.05, 3.63) is 77.6 Å². The van der Waals surface area contributed by atoms with Crippen molar-refractivity contribution >= 4 is 23.5 Å². The molecule has 0 spiro atoms. The molecule has 1 aromatic heterocycles. The average molecular weight is 405 g/mol. The van der Waals surface area contributed by atoms with Crippen molar-refractivity contribution in [3.63, 3.8) is 0 Å². The molecule has 5 nitrogen and oxygen atoms in total. The molecule has 148 valence electrons. The summed E-state index contributed by atoms with van der Waals surface area (Å²) in [5, 5.41) is 3.82. The minimum atomic E-state index is -0.0364. The number of hydrogen-bond donors (Lipinski definition) is 1. The number of aromatic nitrogens is 2. The summed E-state index contributed by atoms with van der Waals surface area (Å²) in [6.45, 7) is 4.90. The van der Waals surface area contributed by atoms with Gasteiger partial charge in [0.1, 0.15) is 0 Å². The van der Waals surface area contributed by atoms with E-state index in [0.29, 0.717) is 5.16 Å². The summed E-state index contributed by atoms with van der Waals surface area (Å²) in [5.41, 5.74) is 4.33. The predicted molar refractivity (Wildman–Crippen MR) is 116 cm³/mol. The molecule has 2 heterocycles. The molecule has 0 saturated carbocycles. The number of amides is 2. The van der Waals surface area contributed by atoms with E-state index in [-0.39, 0.29) is 12.1 Å². The molecule has 2 amide bonds. The van der Waals surface area contributed by atoms with Gasteiger partial charge in [-0.1, -0.05) is 24.3 Å². The van der Waals surface area contributed by atoms with E-state index in [1.165, 1.54) is 22.9 Å². The Morgan fingerprint density at radius 2 is 1.86 bits per heavy atom. The fourth-order valence-electron chi connectivity index (χ4n) is 3.76. The first-order valence-electron chi connectivity index (χ1n) is 9.80. The molecule has 1 unspecified atom stereocenters. The van der Waals surface area contributed by atoms with Gasteiger partial charge in [0.15, 0.2) is 5.16 Å². The lowest BCUT2D eigenvalue weighted by Crippen LogP contribution is -2.34. The largest absolute Gasteiger partial charge is 0.322 e. The third-order valence-electron chi connectivity index (χ3n) is 5.25. The van der Waals surface area contributed by atoms with E-state index in [2.05, 4.69) is 40.4 Å². The van der Waals surface area contributed by atoms with Crippen LogP contribution < -0.4 is 5.32 Å². The molecule has 4 rings (SSSR count). The Morgan fingerprint density at radius 3 is 2.62 bits per heavy atom. The lowest BCUT2D eigenvalue weighted by molar-refractivity contribution is 0.207. The number of rotatable bonds is 4. The van der Waals surface area contributed by atoms with Gasteiger partial charge >= 0.3 is 6.03 Å². The number of hydrogen-bond acceptors (Lipinski definition) is 4. The Hall–Kier alpha value is -2.86. The van der Waals surface area contributed by atoms with Gasteiger partial charge in [-0.3, -0.25) is 0 Å². The fourth-order valence-corrected chi connectivity index (χ4v) is 4.57. The number of nitrogens with one attached hydrogen (secondary N) is 1. The van der Waals surface area contributed by atoms with Crippen molar-refractivity contribution in [1.82, 2.24) is 14.9 Å². The molecular formula is C23H24N4OS. The molecule has 1 fully saturated rings. The highest BCUT2D eigenvalue weighted by Crippen LogP contribution is 2.34. The second kappa shape index (κ2) is 8.66. The van der Waals surface area contributed by atoms with Crippen molar-refractivity contribution < 1.29 is 4.79 Å². The van der Waals surface area contributed by atoms with Crippen molar-refractivity contribution in [2.45, 2.75) is 42.8 Å². The van der Waals surface area contributed by atoms with E-state index < -0.39 is 0 Å². The molecule has 0 radical (unpaired) electrons. The highest BCUT2D eigenvalue weighted by atomic mass is 32.2. The Kier molecular flexibility index (Phi) is 5.81. The summed E-state index contributed by atoms with van der Waals surface area (Å²) in [6.07, 6.45) is 5.50. The molecule has 1 N–H and O–H groups in total. The average Bonchev–Trinajstić information content (AvgIpc) is 3.21. The van der Waals surface area contributed by atoms with Gasteiger partial charge in [0.05, 0.1) is 6.04 Å². The van der Waals surface area contributed by atoms with Crippen LogP contribution in [-0.4, -0.2) is 27.4 Å². The SMILES string of the molecule is Cc1cc(Sc2ncccn2)ccc1NC(=O)N1CCCC1c1ccccc1C. The standard InChI is InChI=1S/C23H24N4OS/c1-16-7-3-4-8-19(16)21-9-5-14-27(21)23(28)26-20-11-10-18(15-17(20)2)29-22-24-12-6-13-25-22/h3-4,6-8,10-13,15,21H,5,9,14H2,1-2H3,(H,26,28). The van der Waals surface area contributed by atoms with Gasteiger partial charge in [-0.05, 0) is 79.4 Å². The first kappa shape index (κ1) is 19.5. The zero-order valence-electron chi connectivity index (χ0n) is 16.6. The van der Waals surface area contributed by atoms with Crippen LogP contribution in [-0.2, 0) is 0 Å². The summed E-state index contributed by atoms with van der Waals surface area (Å²) >= 11 is 1.51. The molecule has 0 bridgehead atoms. The highest BCUT2D eigenvalue weighted by Gasteiger charge is 2.30. The summed E-state index contributed by atoms with van der Waals surface area (Å²) in [5.74, 6) is 0. The molecule has 1 saturated heterocycles. The number of carbonyl (C=O) groups excluding carboxylic acids is 1. The fraction of sp³-hybridized carbons (Fsp3) is 0.261. The van der Waals surface area contributed by atoms with E-state index in [4.69, 9.17) is 0 Å². The lowest BCUT2D eigenvalue weighted by atomic mass is 9.99. The van der Waals surface area contributed by atoms with E-state index in [9.17, 15) is 4.79 Å². The minimum absolute atomic E-state index is 0.0364. The van der Waals surface area contributed by atoms with Crippen molar-refractivity contribution in [2.75, 3.05) is 11.9 Å². The van der Waals surface area contributed by atoms with Gasteiger partial charge in [0, 0.05) is 29.5 Å². The monoisotopic (exact) mass is 404 g/mol. The number of nitrogens with zero attached hydrogens (tertiary/aromatic N) is 3. The number of benzene rings is 2. The first-order chi connectivity index (χ1) is 14.1. The Bertz CT molecular complexity index is 1010. The van der Waals surface area contributed by atoms with Crippen LogP contribution in [0.3, 0.4) is 0 Å². The quantitative estimate of drug-likeness (QED) is 0.574. The van der Waals surface area contributed by atoms with E-state index in [0.717, 1.165) is 35.5 Å². The van der Waals surface area contributed by atoms with E-state index in [1.807, 2.05) is 36.1 Å². The zero-order valence-corrected chi connectivity index (χ0v) is 17.4. The van der Waals surface area contributed by atoms with Gasteiger partial charge in [-0.2, -0.15) is 0 Å². The van der Waals surface area contributed by atoms with Gasteiger partial charge in [-0.25, -0.2) is 14.8 Å². The molecule has 1 atom stereocenters. The minimum Gasteiger partial charge on any atom is -0.317 e. The third-order valence-corrected chi connectivity index (χ3v) is 6.13. The van der Waals surface area contributed by atoms with Crippen LogP contribution in [0.25, 0.3) is 0 Å². The number of aryl methyl sites for hydroxylation is 2. The predicted octanol–water partition coefficient (Wildman–Crippen LogP) is 5.61. The number of likely N-dealkylation sites (tertiary alicyclic amines) is 1. The zero-order chi connectivity index (χ0) is 20.2. The van der Waals surface area contributed by atoms with Gasteiger partial charge < -0.3 is 10.2 Å². The van der Waals surface area contributed by atoms with Crippen molar-refractivity contribution in [2.24, 2.45) is 0 Å². The van der Waals surface area contributed by atoms with Crippen LogP contribution in [0.4, 0.5) is 10.5 Å². The normalized spacial score (nSPS) is 16.1. The van der Waals surface area contributed by atoms with Crippen LogP contribution >= 0.6 is 11.8 Å². The maximum absolute atomic E-state index is 13.0. The molecular weight excluding hydrogens is 380 g/mol. The Morgan fingerprint density at radius 1 is 1.07 bits per heavy atom. The van der Waals surface area contributed by atoms with Crippen LogP contribution in [0.1, 0.15) is 35.6 Å². The first-order valence-corrected chi connectivity index (χ1v) is 10.6. The number of carbonyl (C=O) groups is 1. The van der Waals surface area contributed by atoms with Crippen molar-refractivity contribution in [3.8, 4) is 0 Å². The maximum Gasteiger partial charge on any atom is 0.322 e. The molecule has 1 aliphatic heterocycles. The number of anilines is 1. The van der Waals surface area contributed by atoms with E-state index in [1.54, 1.807) is 18.5 Å². The summed E-state index contributed by atoms with van der Waals surface area (Å²) < 4.78 is 0. The Labute approximate surface area is 175 Å². The summed E-state index contributed by atoms with van der Waals surface area (Å²) in [6, 6.07) is 16.2. The van der Waals surface area contributed by atoms with E-state index >= 15 is 0 Å². The molecule has 29 heavy (non-hydrogen) atoms. The summed E-state index contributed by atoms with van der Waals surface area (Å²) in [4.78, 5) is 24.5. The lowest BCUT2D eigenvalue weighted by Gasteiger charge is -2.27. The molecule has 1 aliphatic rings. The van der Waals surface area contributed by atoms with Crippen LogP contribution in [0, 0.1) is 13.8 Å². The summed E-state index contributed by atoms with van der Waals surface area (Å²) in [7, 11) is 0. The smallest absolute Gasteiger partial charge is 0.317 e. The highest BCUT2D eigenvalue weighted by molar-refractivity contribution is 7.99. The van der Waals surface area contributed by atoms with Gasteiger partial charge in [-0.15, -0.1) is 0 Å². The third kappa shape index (κ3) is 4.43. The second-order valence-corrected chi connectivity index (χ2v) is 8.29. The molecule has 6 heteroatoms. The van der Waals surface area contributed by atoms with Crippen LogP contribution in [0.2, 0.25) is 0 Å². The second-order valence-electron chi connectivity index (χ2n) is 7.25. The number of urea groups is 1. The molecule has 3 aromatic rings. The van der Waals surface area contributed by atoms with Gasteiger partial charge in [0.25, 0.3) is 0 Å².